The average molecular weight is 212 g/mol. The average Bonchev–Trinajstić information content (AvgIpc) is 2.70. The summed E-state index contributed by atoms with van der Waals surface area (Å²) in [5.74, 6) is 0.101. The molecular formula is C12H24N2O. The monoisotopic (exact) mass is 212 g/mol. The Morgan fingerprint density at radius 1 is 1.47 bits per heavy atom. The van der Waals surface area contributed by atoms with Crippen molar-refractivity contribution >= 4 is 5.91 Å². The normalized spacial score (nSPS) is 23.7. The molecule has 1 aliphatic carbocycles. The minimum absolute atomic E-state index is 0.0855. The highest BCUT2D eigenvalue weighted by Crippen LogP contribution is 2.44. The lowest BCUT2D eigenvalue weighted by Crippen LogP contribution is -2.47. The summed E-state index contributed by atoms with van der Waals surface area (Å²) in [5.41, 5.74) is 0.304. The van der Waals surface area contributed by atoms with E-state index in [1.54, 1.807) is 0 Å². The molecule has 0 spiro atoms. The van der Waals surface area contributed by atoms with Crippen molar-refractivity contribution in [1.29, 1.82) is 0 Å². The number of hydrogen-bond donors (Lipinski definition) is 2. The molecule has 88 valence electrons. The molecule has 0 saturated heterocycles. The summed E-state index contributed by atoms with van der Waals surface area (Å²) in [7, 11) is 0. The van der Waals surface area contributed by atoms with Gasteiger partial charge in [-0.2, -0.15) is 0 Å². The molecule has 1 rings (SSSR count). The van der Waals surface area contributed by atoms with E-state index in [0.29, 0.717) is 18.0 Å². The van der Waals surface area contributed by atoms with E-state index in [2.05, 4.69) is 31.4 Å². The predicted octanol–water partition coefficient (Wildman–Crippen LogP) is 1.68. The molecule has 0 aromatic rings. The summed E-state index contributed by atoms with van der Waals surface area (Å²) >= 11 is 0. The van der Waals surface area contributed by atoms with Gasteiger partial charge < -0.3 is 10.6 Å². The van der Waals surface area contributed by atoms with Crippen molar-refractivity contribution in [2.75, 3.05) is 6.54 Å². The summed E-state index contributed by atoms with van der Waals surface area (Å²) in [6.45, 7) is 11.1. The molecule has 0 bridgehead atoms. The van der Waals surface area contributed by atoms with Crippen LogP contribution in [0, 0.1) is 5.41 Å². The first-order chi connectivity index (χ1) is 6.77. The zero-order chi connectivity index (χ0) is 11.7. The van der Waals surface area contributed by atoms with E-state index >= 15 is 0 Å². The zero-order valence-corrected chi connectivity index (χ0v) is 10.6. The van der Waals surface area contributed by atoms with Crippen molar-refractivity contribution in [1.82, 2.24) is 10.6 Å². The smallest absolute Gasteiger partial charge is 0.234 e. The predicted molar refractivity (Wildman–Crippen MR) is 62.7 cm³/mol. The van der Waals surface area contributed by atoms with E-state index < -0.39 is 0 Å². The number of rotatable bonds is 5. The van der Waals surface area contributed by atoms with Gasteiger partial charge in [-0.15, -0.1) is 0 Å². The van der Waals surface area contributed by atoms with E-state index in [9.17, 15) is 4.79 Å². The molecule has 1 amide bonds. The van der Waals surface area contributed by atoms with Gasteiger partial charge in [0.1, 0.15) is 0 Å². The summed E-state index contributed by atoms with van der Waals surface area (Å²) in [6.07, 6.45) is 2.13. The number of hydrogen-bond acceptors (Lipinski definition) is 2. The van der Waals surface area contributed by atoms with Gasteiger partial charge >= 0.3 is 0 Å². The van der Waals surface area contributed by atoms with Crippen molar-refractivity contribution in [3.8, 4) is 0 Å². The fourth-order valence-electron chi connectivity index (χ4n) is 1.54. The third kappa shape index (κ3) is 3.82. The minimum Gasteiger partial charge on any atom is -0.350 e. The Morgan fingerprint density at radius 2 is 2.00 bits per heavy atom. The number of nitrogens with one attached hydrogen (secondary N) is 2. The molecule has 0 aliphatic heterocycles. The Balaban J connectivity index is 2.20. The largest absolute Gasteiger partial charge is 0.350 e. The fourth-order valence-corrected chi connectivity index (χ4v) is 1.54. The maximum absolute atomic E-state index is 11.6. The standard InChI is InChI=1S/C12H24N2O/c1-6-12(4,5)14-10(15)8-13-9-7-11(9,2)3/h9,13H,6-8H2,1-5H3,(H,14,15). The van der Waals surface area contributed by atoms with Gasteiger partial charge in [-0.3, -0.25) is 4.79 Å². The molecule has 3 nitrogen and oxygen atoms in total. The first-order valence-electron chi connectivity index (χ1n) is 5.81. The van der Waals surface area contributed by atoms with Crippen LogP contribution in [-0.2, 0) is 4.79 Å². The number of carbonyl (C=O) groups excluding carboxylic acids is 1. The second kappa shape index (κ2) is 4.12. The van der Waals surface area contributed by atoms with Gasteiger partial charge in [0.2, 0.25) is 5.91 Å². The molecule has 1 atom stereocenters. The Kier molecular flexibility index (Phi) is 3.44. The van der Waals surface area contributed by atoms with Crippen molar-refractivity contribution in [3.63, 3.8) is 0 Å². The Hall–Kier alpha value is -0.570. The molecule has 1 saturated carbocycles. The summed E-state index contributed by atoms with van der Waals surface area (Å²) < 4.78 is 0. The van der Waals surface area contributed by atoms with Gasteiger partial charge in [0.15, 0.2) is 0 Å². The highest BCUT2D eigenvalue weighted by molar-refractivity contribution is 5.78. The number of carbonyl (C=O) groups is 1. The number of amides is 1. The van der Waals surface area contributed by atoms with E-state index in [1.807, 2.05) is 13.8 Å². The van der Waals surface area contributed by atoms with Gasteiger partial charge in [0.05, 0.1) is 6.54 Å². The third-order valence-corrected chi connectivity index (χ3v) is 3.38. The van der Waals surface area contributed by atoms with E-state index in [4.69, 9.17) is 0 Å². The van der Waals surface area contributed by atoms with Crippen LogP contribution in [0.3, 0.4) is 0 Å². The van der Waals surface area contributed by atoms with Crippen molar-refractivity contribution < 1.29 is 4.79 Å². The van der Waals surface area contributed by atoms with Crippen LogP contribution in [0.1, 0.15) is 47.5 Å². The summed E-state index contributed by atoms with van der Waals surface area (Å²) in [4.78, 5) is 11.6. The molecule has 2 N–H and O–H groups in total. The van der Waals surface area contributed by atoms with Gasteiger partial charge in [-0.1, -0.05) is 20.8 Å². The lowest BCUT2D eigenvalue weighted by atomic mass is 10.0. The quantitative estimate of drug-likeness (QED) is 0.728. The Morgan fingerprint density at radius 3 is 2.40 bits per heavy atom. The van der Waals surface area contributed by atoms with Crippen molar-refractivity contribution in [2.24, 2.45) is 5.41 Å². The molecule has 1 unspecified atom stereocenters. The Labute approximate surface area is 93.0 Å². The third-order valence-electron chi connectivity index (χ3n) is 3.38. The van der Waals surface area contributed by atoms with Crippen LogP contribution in [0.15, 0.2) is 0 Å². The van der Waals surface area contributed by atoms with Gasteiger partial charge in [-0.05, 0) is 32.1 Å². The second-order valence-corrected chi connectivity index (χ2v) is 5.91. The minimum atomic E-state index is -0.0855. The molecule has 15 heavy (non-hydrogen) atoms. The molecule has 0 aromatic heterocycles. The SMILES string of the molecule is CCC(C)(C)NC(=O)CNC1CC1(C)C. The molecule has 0 radical (unpaired) electrons. The van der Waals surface area contributed by atoms with Crippen LogP contribution in [0.5, 0.6) is 0 Å². The van der Waals surface area contributed by atoms with Crippen LogP contribution < -0.4 is 10.6 Å². The zero-order valence-electron chi connectivity index (χ0n) is 10.6. The molecule has 3 heteroatoms. The summed E-state index contributed by atoms with van der Waals surface area (Å²) in [5, 5.41) is 6.30. The molecule has 0 heterocycles. The van der Waals surface area contributed by atoms with Crippen molar-refractivity contribution in [2.45, 2.75) is 59.0 Å². The van der Waals surface area contributed by atoms with Gasteiger partial charge in [0, 0.05) is 11.6 Å². The first kappa shape index (κ1) is 12.5. The van der Waals surface area contributed by atoms with E-state index in [1.165, 1.54) is 6.42 Å². The van der Waals surface area contributed by atoms with Crippen molar-refractivity contribution in [3.05, 3.63) is 0 Å². The maximum atomic E-state index is 11.6. The summed E-state index contributed by atoms with van der Waals surface area (Å²) in [6, 6.07) is 0.521. The van der Waals surface area contributed by atoms with Crippen LogP contribution in [0.25, 0.3) is 0 Å². The van der Waals surface area contributed by atoms with Crippen LogP contribution >= 0.6 is 0 Å². The second-order valence-electron chi connectivity index (χ2n) is 5.91. The van der Waals surface area contributed by atoms with E-state index in [-0.39, 0.29) is 11.4 Å². The Bertz CT molecular complexity index is 246. The first-order valence-corrected chi connectivity index (χ1v) is 5.81. The highest BCUT2D eigenvalue weighted by atomic mass is 16.2. The highest BCUT2D eigenvalue weighted by Gasteiger charge is 2.45. The van der Waals surface area contributed by atoms with E-state index in [0.717, 1.165) is 6.42 Å². The van der Waals surface area contributed by atoms with Crippen LogP contribution in [-0.4, -0.2) is 24.0 Å². The maximum Gasteiger partial charge on any atom is 0.234 e. The molecule has 1 fully saturated rings. The lowest BCUT2D eigenvalue weighted by molar-refractivity contribution is -0.121. The van der Waals surface area contributed by atoms with Gasteiger partial charge in [0.25, 0.3) is 0 Å². The van der Waals surface area contributed by atoms with Crippen LogP contribution in [0.2, 0.25) is 0 Å². The van der Waals surface area contributed by atoms with Gasteiger partial charge in [-0.25, -0.2) is 0 Å². The van der Waals surface area contributed by atoms with Crippen LogP contribution in [0.4, 0.5) is 0 Å². The lowest BCUT2D eigenvalue weighted by Gasteiger charge is -2.24. The molecule has 1 aliphatic rings. The topological polar surface area (TPSA) is 41.1 Å². The fraction of sp³-hybridized carbons (Fsp3) is 0.917. The molecular weight excluding hydrogens is 188 g/mol. The molecule has 0 aromatic carbocycles.